The predicted molar refractivity (Wildman–Crippen MR) is 88.8 cm³/mol. The molecule has 1 unspecified atom stereocenters. The van der Waals surface area contributed by atoms with Gasteiger partial charge in [0.15, 0.2) is 0 Å². The topological polar surface area (TPSA) is 64.0 Å². The van der Waals surface area contributed by atoms with E-state index in [0.29, 0.717) is 15.1 Å². The number of nitrogens with zero attached hydrogens (tertiary/aromatic N) is 2. The number of amides is 1. The molecule has 22 heavy (non-hydrogen) atoms. The van der Waals surface area contributed by atoms with Gasteiger partial charge in [-0.3, -0.25) is 14.2 Å². The summed E-state index contributed by atoms with van der Waals surface area (Å²) < 4.78 is 1.78. The smallest absolute Gasteiger partial charge is 0.262 e. The Balaban J connectivity index is 2.11. The lowest BCUT2D eigenvalue weighted by molar-refractivity contribution is 0.0943. The van der Waals surface area contributed by atoms with Crippen molar-refractivity contribution < 1.29 is 4.79 Å². The normalized spacial score (nSPS) is 15.6. The highest BCUT2D eigenvalue weighted by molar-refractivity contribution is 7.20. The van der Waals surface area contributed by atoms with Gasteiger partial charge >= 0.3 is 0 Å². The van der Waals surface area contributed by atoms with Gasteiger partial charge in [-0.2, -0.15) is 0 Å². The van der Waals surface area contributed by atoms with Crippen LogP contribution in [0.5, 0.6) is 0 Å². The lowest BCUT2D eigenvalue weighted by Gasteiger charge is -2.16. The maximum absolute atomic E-state index is 12.7. The summed E-state index contributed by atoms with van der Waals surface area (Å²) in [7, 11) is 0. The van der Waals surface area contributed by atoms with Crippen LogP contribution in [-0.2, 0) is 13.0 Å². The third-order valence-corrected chi connectivity index (χ3v) is 5.54. The van der Waals surface area contributed by atoms with Crippen molar-refractivity contribution in [3.8, 4) is 0 Å². The van der Waals surface area contributed by atoms with Crippen LogP contribution in [0.4, 0.5) is 0 Å². The summed E-state index contributed by atoms with van der Waals surface area (Å²) >= 11 is 1.33. The molecule has 1 aliphatic rings. The standard InChI is InChI=1S/C16H21N3O2S/c1-4-9(2)17-14(20)13-10(3)12-15(22-13)18-11-7-5-6-8-19(11)16(12)21/h9H,4-8H2,1-3H3,(H,17,20). The Morgan fingerprint density at radius 2 is 2.23 bits per heavy atom. The fourth-order valence-electron chi connectivity index (χ4n) is 2.84. The Kier molecular flexibility index (Phi) is 4.04. The van der Waals surface area contributed by atoms with Gasteiger partial charge in [0.05, 0.1) is 10.3 Å². The zero-order chi connectivity index (χ0) is 15.9. The first-order valence-corrected chi connectivity index (χ1v) is 8.68. The van der Waals surface area contributed by atoms with Crippen LogP contribution in [0.25, 0.3) is 10.2 Å². The molecule has 118 valence electrons. The minimum Gasteiger partial charge on any atom is -0.349 e. The van der Waals surface area contributed by atoms with E-state index >= 15 is 0 Å². The molecule has 1 amide bonds. The van der Waals surface area contributed by atoms with E-state index in [9.17, 15) is 9.59 Å². The largest absolute Gasteiger partial charge is 0.349 e. The fraction of sp³-hybridized carbons (Fsp3) is 0.562. The molecule has 2 aromatic heterocycles. The Hall–Kier alpha value is -1.69. The van der Waals surface area contributed by atoms with Crippen molar-refractivity contribution in [2.45, 2.75) is 59.0 Å². The molecule has 3 heterocycles. The van der Waals surface area contributed by atoms with Crippen LogP contribution in [0.1, 0.15) is 54.2 Å². The average molecular weight is 319 g/mol. The fourth-order valence-corrected chi connectivity index (χ4v) is 3.93. The predicted octanol–water partition coefficient (Wildman–Crippen LogP) is 2.63. The van der Waals surface area contributed by atoms with Crippen LogP contribution in [0.3, 0.4) is 0 Å². The number of aryl methyl sites for hydroxylation is 2. The molecule has 0 spiro atoms. The number of aromatic nitrogens is 2. The number of thiophene rings is 1. The van der Waals surface area contributed by atoms with E-state index in [1.807, 2.05) is 20.8 Å². The van der Waals surface area contributed by atoms with Crippen molar-refractivity contribution >= 4 is 27.5 Å². The lowest BCUT2D eigenvalue weighted by Crippen LogP contribution is -2.31. The molecule has 0 aromatic carbocycles. The first-order chi connectivity index (χ1) is 10.5. The van der Waals surface area contributed by atoms with Gasteiger partial charge in [0.2, 0.25) is 0 Å². The summed E-state index contributed by atoms with van der Waals surface area (Å²) in [4.78, 5) is 31.1. The van der Waals surface area contributed by atoms with Crippen molar-refractivity contribution in [1.29, 1.82) is 0 Å². The molecule has 0 fully saturated rings. The van der Waals surface area contributed by atoms with E-state index in [1.54, 1.807) is 4.57 Å². The van der Waals surface area contributed by atoms with Crippen LogP contribution < -0.4 is 10.9 Å². The van der Waals surface area contributed by atoms with Gasteiger partial charge in [-0.25, -0.2) is 4.98 Å². The van der Waals surface area contributed by atoms with Crippen LogP contribution in [0.2, 0.25) is 0 Å². The maximum Gasteiger partial charge on any atom is 0.262 e. The van der Waals surface area contributed by atoms with Crippen LogP contribution in [-0.4, -0.2) is 21.5 Å². The highest BCUT2D eigenvalue weighted by atomic mass is 32.1. The van der Waals surface area contributed by atoms with Crippen LogP contribution >= 0.6 is 11.3 Å². The number of nitrogens with one attached hydrogen (secondary N) is 1. The zero-order valence-electron chi connectivity index (χ0n) is 13.2. The summed E-state index contributed by atoms with van der Waals surface area (Å²) in [5.74, 6) is 0.760. The molecule has 6 heteroatoms. The monoisotopic (exact) mass is 319 g/mol. The van der Waals surface area contributed by atoms with Gasteiger partial charge in [0, 0.05) is 19.0 Å². The lowest BCUT2D eigenvalue weighted by atomic mass is 10.1. The van der Waals surface area contributed by atoms with Gasteiger partial charge < -0.3 is 5.32 Å². The minimum absolute atomic E-state index is 0.0102. The summed E-state index contributed by atoms with van der Waals surface area (Å²) in [5.41, 5.74) is 0.773. The number of carbonyl (C=O) groups excluding carboxylic acids is 1. The maximum atomic E-state index is 12.7. The zero-order valence-corrected chi connectivity index (χ0v) is 14.0. The van der Waals surface area contributed by atoms with Gasteiger partial charge in [-0.15, -0.1) is 11.3 Å². The number of fused-ring (bicyclic) bond motifs is 2. The van der Waals surface area contributed by atoms with Crippen molar-refractivity contribution in [3.63, 3.8) is 0 Å². The Morgan fingerprint density at radius 3 is 2.95 bits per heavy atom. The van der Waals surface area contributed by atoms with Crippen molar-refractivity contribution in [2.75, 3.05) is 0 Å². The quantitative estimate of drug-likeness (QED) is 0.946. The van der Waals surface area contributed by atoms with Crippen molar-refractivity contribution in [3.05, 3.63) is 26.6 Å². The summed E-state index contributed by atoms with van der Waals surface area (Å²) in [6.45, 7) is 6.60. The van der Waals surface area contributed by atoms with Gasteiger partial charge in [-0.1, -0.05) is 6.92 Å². The Labute approximate surface area is 133 Å². The molecule has 0 aliphatic carbocycles. The highest BCUT2D eigenvalue weighted by Crippen LogP contribution is 2.28. The molecule has 1 atom stereocenters. The van der Waals surface area contributed by atoms with Crippen LogP contribution in [0, 0.1) is 6.92 Å². The molecule has 2 aromatic rings. The SMILES string of the molecule is CCC(C)NC(=O)c1sc2nc3n(c(=O)c2c1C)CCCC3. The second-order valence-electron chi connectivity index (χ2n) is 5.96. The summed E-state index contributed by atoms with van der Waals surface area (Å²) in [6.07, 6.45) is 3.82. The van der Waals surface area contributed by atoms with E-state index in [-0.39, 0.29) is 17.5 Å². The van der Waals surface area contributed by atoms with Crippen molar-refractivity contribution in [2.24, 2.45) is 0 Å². The molecule has 1 aliphatic heterocycles. The molecular formula is C16H21N3O2S. The minimum atomic E-state index is -0.0998. The molecule has 0 radical (unpaired) electrons. The van der Waals surface area contributed by atoms with Gasteiger partial charge in [0.25, 0.3) is 11.5 Å². The number of rotatable bonds is 3. The average Bonchev–Trinajstić information content (AvgIpc) is 2.84. The molecule has 0 saturated carbocycles. The second-order valence-corrected chi connectivity index (χ2v) is 6.96. The molecule has 5 nitrogen and oxygen atoms in total. The van der Waals surface area contributed by atoms with E-state index in [1.165, 1.54) is 11.3 Å². The van der Waals surface area contributed by atoms with Crippen molar-refractivity contribution in [1.82, 2.24) is 14.9 Å². The number of hydrogen-bond acceptors (Lipinski definition) is 4. The van der Waals surface area contributed by atoms with Gasteiger partial charge in [-0.05, 0) is 38.7 Å². The Bertz CT molecular complexity index is 791. The van der Waals surface area contributed by atoms with E-state index < -0.39 is 0 Å². The third kappa shape index (κ3) is 2.45. The molecule has 1 N–H and O–H groups in total. The molecule has 0 saturated heterocycles. The molecule has 0 bridgehead atoms. The van der Waals surface area contributed by atoms with E-state index in [4.69, 9.17) is 0 Å². The Morgan fingerprint density at radius 1 is 1.45 bits per heavy atom. The van der Waals surface area contributed by atoms with Crippen LogP contribution in [0.15, 0.2) is 4.79 Å². The third-order valence-electron chi connectivity index (χ3n) is 4.36. The second kappa shape index (κ2) is 5.83. The molecule has 3 rings (SSSR count). The van der Waals surface area contributed by atoms with E-state index in [2.05, 4.69) is 10.3 Å². The first kappa shape index (κ1) is 15.2. The summed E-state index contributed by atoms with van der Waals surface area (Å²) in [6, 6.07) is 0.124. The van der Waals surface area contributed by atoms with E-state index in [0.717, 1.165) is 43.6 Å². The molecular weight excluding hydrogens is 298 g/mol. The summed E-state index contributed by atoms with van der Waals surface area (Å²) in [5, 5.41) is 3.59. The first-order valence-electron chi connectivity index (χ1n) is 7.86. The highest BCUT2D eigenvalue weighted by Gasteiger charge is 2.22. The van der Waals surface area contributed by atoms with Gasteiger partial charge in [0.1, 0.15) is 10.7 Å². The number of carbonyl (C=O) groups is 1. The number of hydrogen-bond donors (Lipinski definition) is 1.